The maximum Gasteiger partial charge on any atom is 0.224 e. The summed E-state index contributed by atoms with van der Waals surface area (Å²) in [6, 6.07) is 7.63. The predicted molar refractivity (Wildman–Crippen MR) is 81.9 cm³/mol. The van der Waals surface area contributed by atoms with Crippen molar-refractivity contribution in [1.29, 1.82) is 0 Å². The molecule has 1 unspecified atom stereocenters. The third-order valence-corrected chi connectivity index (χ3v) is 3.68. The zero-order valence-corrected chi connectivity index (χ0v) is 13.2. The summed E-state index contributed by atoms with van der Waals surface area (Å²) in [6.45, 7) is 2.90. The molecule has 1 N–H and O–H groups in total. The monoisotopic (exact) mass is 327 g/mol. The third kappa shape index (κ3) is 5.64. The number of benzene rings is 1. The number of para-hydroxylation sites is 1. The van der Waals surface area contributed by atoms with Gasteiger partial charge in [0.05, 0.1) is 13.5 Å². The molecule has 0 heterocycles. The van der Waals surface area contributed by atoms with E-state index >= 15 is 0 Å². The van der Waals surface area contributed by atoms with E-state index in [9.17, 15) is 4.79 Å². The summed E-state index contributed by atoms with van der Waals surface area (Å²) in [5.41, 5.74) is 0.927. The molecule has 0 aliphatic rings. The van der Waals surface area contributed by atoms with E-state index in [1.807, 2.05) is 24.3 Å². The summed E-state index contributed by atoms with van der Waals surface area (Å²) in [5, 5.41) is 3.98. The minimum absolute atomic E-state index is 0.0533. The zero-order chi connectivity index (χ0) is 14.1. The van der Waals surface area contributed by atoms with E-state index in [0.717, 1.165) is 36.0 Å². The molecule has 0 radical (unpaired) electrons. The van der Waals surface area contributed by atoms with Crippen molar-refractivity contribution in [3.8, 4) is 5.75 Å². The maximum atomic E-state index is 11.9. The van der Waals surface area contributed by atoms with Gasteiger partial charge in [0.2, 0.25) is 5.91 Å². The lowest BCUT2D eigenvalue weighted by molar-refractivity contribution is -0.120. The zero-order valence-electron chi connectivity index (χ0n) is 11.6. The van der Waals surface area contributed by atoms with Gasteiger partial charge in [-0.2, -0.15) is 0 Å². The van der Waals surface area contributed by atoms with Crippen LogP contribution in [0.5, 0.6) is 5.75 Å². The second kappa shape index (κ2) is 8.97. The van der Waals surface area contributed by atoms with Gasteiger partial charge in [-0.05, 0) is 18.4 Å². The van der Waals surface area contributed by atoms with Crippen LogP contribution in [0.3, 0.4) is 0 Å². The molecule has 0 saturated heterocycles. The van der Waals surface area contributed by atoms with E-state index in [1.54, 1.807) is 7.11 Å². The average molecular weight is 328 g/mol. The molecule has 0 saturated carbocycles. The second-order valence-corrected chi connectivity index (χ2v) is 5.34. The standard InChI is InChI=1S/C15H22BrNO2/c1-3-12(8-9-16)11-17-15(18)10-13-6-4-5-7-14(13)19-2/h4-7,12H,3,8-11H2,1-2H3,(H,17,18). The Balaban J connectivity index is 2.46. The van der Waals surface area contributed by atoms with Crippen LogP contribution in [0.1, 0.15) is 25.3 Å². The number of rotatable bonds is 8. The molecule has 1 aromatic carbocycles. The van der Waals surface area contributed by atoms with E-state index < -0.39 is 0 Å². The number of hydrogen-bond acceptors (Lipinski definition) is 2. The second-order valence-electron chi connectivity index (χ2n) is 4.54. The van der Waals surface area contributed by atoms with Gasteiger partial charge in [0, 0.05) is 17.4 Å². The highest BCUT2D eigenvalue weighted by Crippen LogP contribution is 2.17. The highest BCUT2D eigenvalue weighted by molar-refractivity contribution is 9.09. The topological polar surface area (TPSA) is 38.3 Å². The summed E-state index contributed by atoms with van der Waals surface area (Å²) in [4.78, 5) is 11.9. The number of alkyl halides is 1. The first-order valence-corrected chi connectivity index (χ1v) is 7.78. The summed E-state index contributed by atoms with van der Waals surface area (Å²) in [7, 11) is 1.62. The van der Waals surface area contributed by atoms with Gasteiger partial charge < -0.3 is 10.1 Å². The minimum Gasteiger partial charge on any atom is -0.496 e. The maximum absolute atomic E-state index is 11.9. The summed E-state index contributed by atoms with van der Waals surface area (Å²) in [6.07, 6.45) is 2.54. The number of halogens is 1. The van der Waals surface area contributed by atoms with Crippen LogP contribution in [0.25, 0.3) is 0 Å². The molecule has 1 rings (SSSR count). The first kappa shape index (κ1) is 16.0. The smallest absolute Gasteiger partial charge is 0.224 e. The van der Waals surface area contributed by atoms with E-state index in [4.69, 9.17) is 4.74 Å². The highest BCUT2D eigenvalue weighted by Gasteiger charge is 2.10. The fourth-order valence-electron chi connectivity index (χ4n) is 1.95. The first-order valence-electron chi connectivity index (χ1n) is 6.65. The van der Waals surface area contributed by atoms with Gasteiger partial charge in [-0.25, -0.2) is 0 Å². The van der Waals surface area contributed by atoms with Crippen molar-refractivity contribution >= 4 is 21.8 Å². The molecule has 0 aromatic heterocycles. The molecule has 0 bridgehead atoms. The molecule has 0 fully saturated rings. The highest BCUT2D eigenvalue weighted by atomic mass is 79.9. The number of methoxy groups -OCH3 is 1. The van der Waals surface area contributed by atoms with E-state index in [-0.39, 0.29) is 5.91 Å². The number of hydrogen-bond donors (Lipinski definition) is 1. The SMILES string of the molecule is CCC(CCBr)CNC(=O)Cc1ccccc1OC. The summed E-state index contributed by atoms with van der Waals surface area (Å²) >= 11 is 3.44. The van der Waals surface area contributed by atoms with Crippen LogP contribution in [0.4, 0.5) is 0 Å². The molecule has 1 aromatic rings. The van der Waals surface area contributed by atoms with Crippen LogP contribution in [0, 0.1) is 5.92 Å². The van der Waals surface area contributed by atoms with Gasteiger partial charge in [0.15, 0.2) is 0 Å². The Morgan fingerprint density at radius 2 is 2.16 bits per heavy atom. The average Bonchev–Trinajstić information content (AvgIpc) is 2.44. The number of nitrogens with one attached hydrogen (secondary N) is 1. The normalized spacial score (nSPS) is 11.9. The van der Waals surface area contributed by atoms with Gasteiger partial charge in [0.1, 0.15) is 5.75 Å². The molecular weight excluding hydrogens is 306 g/mol. The molecule has 0 spiro atoms. The van der Waals surface area contributed by atoms with Crippen LogP contribution >= 0.6 is 15.9 Å². The third-order valence-electron chi connectivity index (χ3n) is 3.23. The number of carbonyl (C=O) groups excluding carboxylic acids is 1. The Kier molecular flexibility index (Phi) is 7.56. The van der Waals surface area contributed by atoms with Crippen molar-refractivity contribution in [3.05, 3.63) is 29.8 Å². The van der Waals surface area contributed by atoms with Crippen molar-refractivity contribution in [1.82, 2.24) is 5.32 Å². The van der Waals surface area contributed by atoms with Crippen molar-refractivity contribution in [3.63, 3.8) is 0 Å². The fourth-order valence-corrected chi connectivity index (χ4v) is 2.59. The van der Waals surface area contributed by atoms with E-state index in [1.165, 1.54) is 0 Å². The largest absolute Gasteiger partial charge is 0.496 e. The predicted octanol–water partition coefficient (Wildman–Crippen LogP) is 3.17. The Hall–Kier alpha value is -1.03. The quantitative estimate of drug-likeness (QED) is 0.745. The van der Waals surface area contributed by atoms with Crippen molar-refractivity contribution in [2.24, 2.45) is 5.92 Å². The number of carbonyl (C=O) groups is 1. The molecule has 0 aliphatic carbocycles. The lowest BCUT2D eigenvalue weighted by Gasteiger charge is -2.14. The van der Waals surface area contributed by atoms with Crippen LogP contribution < -0.4 is 10.1 Å². The van der Waals surface area contributed by atoms with E-state index in [2.05, 4.69) is 28.2 Å². The number of ether oxygens (including phenoxy) is 1. The van der Waals surface area contributed by atoms with Crippen molar-refractivity contribution in [2.45, 2.75) is 26.2 Å². The van der Waals surface area contributed by atoms with Crippen LogP contribution in [0.15, 0.2) is 24.3 Å². The Labute approximate surface area is 123 Å². The van der Waals surface area contributed by atoms with Crippen LogP contribution in [0.2, 0.25) is 0 Å². The molecule has 1 atom stereocenters. The Bertz CT molecular complexity index is 395. The van der Waals surface area contributed by atoms with Crippen LogP contribution in [-0.2, 0) is 11.2 Å². The van der Waals surface area contributed by atoms with Crippen molar-refractivity contribution < 1.29 is 9.53 Å². The summed E-state index contributed by atoms with van der Waals surface area (Å²) in [5.74, 6) is 1.36. The Morgan fingerprint density at radius 3 is 2.79 bits per heavy atom. The molecule has 4 heteroatoms. The molecule has 106 valence electrons. The van der Waals surface area contributed by atoms with Gasteiger partial charge in [-0.15, -0.1) is 0 Å². The molecule has 0 aliphatic heterocycles. The van der Waals surface area contributed by atoms with Gasteiger partial charge >= 0.3 is 0 Å². The number of amides is 1. The molecule has 19 heavy (non-hydrogen) atoms. The van der Waals surface area contributed by atoms with Crippen molar-refractivity contribution in [2.75, 3.05) is 19.0 Å². The Morgan fingerprint density at radius 1 is 1.42 bits per heavy atom. The lowest BCUT2D eigenvalue weighted by atomic mass is 10.0. The molecule has 3 nitrogen and oxygen atoms in total. The van der Waals surface area contributed by atoms with E-state index in [0.29, 0.717) is 12.3 Å². The van der Waals surface area contributed by atoms with Gasteiger partial charge in [-0.3, -0.25) is 4.79 Å². The van der Waals surface area contributed by atoms with Gasteiger partial charge in [-0.1, -0.05) is 47.5 Å². The first-order chi connectivity index (χ1) is 9.21. The molecule has 1 amide bonds. The minimum atomic E-state index is 0.0533. The van der Waals surface area contributed by atoms with Crippen LogP contribution in [-0.4, -0.2) is 24.9 Å². The van der Waals surface area contributed by atoms with Gasteiger partial charge in [0.25, 0.3) is 0 Å². The molecular formula is C15H22BrNO2. The fraction of sp³-hybridized carbons (Fsp3) is 0.533. The summed E-state index contributed by atoms with van der Waals surface area (Å²) < 4.78 is 5.25. The lowest BCUT2D eigenvalue weighted by Crippen LogP contribution is -2.30.